The van der Waals surface area contributed by atoms with Crippen LogP contribution in [0.15, 0.2) is 12.4 Å². The van der Waals surface area contributed by atoms with Gasteiger partial charge in [-0.15, -0.1) is 11.8 Å². The van der Waals surface area contributed by atoms with Crippen LogP contribution in [0.2, 0.25) is 0 Å². The normalized spacial score (nSPS) is 22.0. The fourth-order valence-electron chi connectivity index (χ4n) is 2.81. The van der Waals surface area contributed by atoms with E-state index < -0.39 is 0 Å². The first-order chi connectivity index (χ1) is 11.4. The zero-order valence-electron chi connectivity index (χ0n) is 14.4. The van der Waals surface area contributed by atoms with Crippen molar-refractivity contribution < 1.29 is 9.59 Å². The minimum absolute atomic E-state index is 0.0943. The molecule has 1 aromatic rings. The van der Waals surface area contributed by atoms with Crippen molar-refractivity contribution in [2.24, 2.45) is 0 Å². The molecule has 1 unspecified atom stereocenters. The number of carbonyl (C=O) groups excluding carboxylic acids is 2. The molecule has 6 nitrogen and oxygen atoms in total. The van der Waals surface area contributed by atoms with Gasteiger partial charge in [0.1, 0.15) is 6.04 Å². The molecule has 2 fully saturated rings. The summed E-state index contributed by atoms with van der Waals surface area (Å²) in [6.07, 6.45) is 3.39. The number of amides is 2. The zero-order chi connectivity index (χ0) is 17.3. The molecule has 1 atom stereocenters. The molecule has 0 radical (unpaired) electrons. The predicted octanol–water partition coefficient (Wildman–Crippen LogP) is 1.73. The third-order valence-corrected chi connectivity index (χ3v) is 6.22. The number of thioether (sulfide) groups is 2. The van der Waals surface area contributed by atoms with Crippen molar-refractivity contribution in [3.05, 3.63) is 18.0 Å². The average molecular weight is 369 g/mol. The number of aromatic nitrogens is 2. The number of rotatable bonds is 2. The predicted molar refractivity (Wildman–Crippen MR) is 98.4 cm³/mol. The maximum absolute atomic E-state index is 12.9. The van der Waals surface area contributed by atoms with Crippen LogP contribution in [-0.2, 0) is 10.3 Å². The lowest BCUT2D eigenvalue weighted by atomic mass is 10.1. The minimum Gasteiger partial charge on any atom is -0.339 e. The molecule has 2 saturated heterocycles. The lowest BCUT2D eigenvalue weighted by Gasteiger charge is -2.31. The van der Waals surface area contributed by atoms with E-state index in [4.69, 9.17) is 0 Å². The summed E-state index contributed by atoms with van der Waals surface area (Å²) in [5.74, 6) is 3.22. The smallest absolute Gasteiger partial charge is 0.258 e. The van der Waals surface area contributed by atoms with Crippen LogP contribution in [0.5, 0.6) is 0 Å². The zero-order valence-corrected chi connectivity index (χ0v) is 16.0. The second-order valence-electron chi connectivity index (χ2n) is 7.07. The van der Waals surface area contributed by atoms with Crippen molar-refractivity contribution in [3.8, 4) is 0 Å². The van der Waals surface area contributed by atoms with Crippen LogP contribution in [0.25, 0.3) is 0 Å². The molecule has 24 heavy (non-hydrogen) atoms. The number of hydrogen-bond acceptors (Lipinski definition) is 5. The molecule has 0 N–H and O–H groups in total. The summed E-state index contributed by atoms with van der Waals surface area (Å²) >= 11 is 3.52. The van der Waals surface area contributed by atoms with E-state index in [1.165, 1.54) is 0 Å². The Bertz CT molecular complexity index is 620. The molecule has 2 aliphatic heterocycles. The van der Waals surface area contributed by atoms with Gasteiger partial charge < -0.3 is 9.80 Å². The molecule has 0 saturated carbocycles. The van der Waals surface area contributed by atoms with Crippen molar-refractivity contribution in [2.45, 2.75) is 32.4 Å². The first kappa shape index (κ1) is 17.7. The lowest BCUT2D eigenvalue weighted by Crippen LogP contribution is -2.51. The van der Waals surface area contributed by atoms with Crippen LogP contribution in [0.1, 0.15) is 31.1 Å². The van der Waals surface area contributed by atoms with E-state index in [-0.39, 0.29) is 23.4 Å². The van der Waals surface area contributed by atoms with E-state index in [0.29, 0.717) is 17.2 Å². The van der Waals surface area contributed by atoms with E-state index in [0.717, 1.165) is 24.6 Å². The summed E-state index contributed by atoms with van der Waals surface area (Å²) in [5.41, 5.74) is 0.387. The van der Waals surface area contributed by atoms with Crippen LogP contribution in [0, 0.1) is 0 Å². The van der Waals surface area contributed by atoms with E-state index in [1.54, 1.807) is 33.7 Å². The summed E-state index contributed by atoms with van der Waals surface area (Å²) in [6, 6.07) is -0.344. The fraction of sp³-hybridized carbons (Fsp3) is 0.688. The molecule has 8 heteroatoms. The van der Waals surface area contributed by atoms with Crippen LogP contribution in [-0.4, -0.2) is 73.7 Å². The molecule has 132 valence electrons. The van der Waals surface area contributed by atoms with Gasteiger partial charge in [-0.3, -0.25) is 14.3 Å². The SMILES string of the molecule is CC(C)(C)n1cc(C(=O)N2CSCC2C(=O)N2CCSCC2)cn1. The monoisotopic (exact) mass is 368 g/mol. The van der Waals surface area contributed by atoms with Crippen molar-refractivity contribution in [2.75, 3.05) is 36.2 Å². The van der Waals surface area contributed by atoms with Crippen molar-refractivity contribution in [3.63, 3.8) is 0 Å². The molecule has 1 aromatic heterocycles. The highest BCUT2D eigenvalue weighted by molar-refractivity contribution is 7.99. The Hall–Kier alpha value is -1.15. The van der Waals surface area contributed by atoms with Gasteiger partial charge in [-0.2, -0.15) is 16.9 Å². The molecule has 3 rings (SSSR count). The molecule has 0 bridgehead atoms. The molecule has 2 aliphatic rings. The molecule has 2 amide bonds. The van der Waals surface area contributed by atoms with E-state index >= 15 is 0 Å². The van der Waals surface area contributed by atoms with E-state index in [2.05, 4.69) is 5.10 Å². The second kappa shape index (κ2) is 7.00. The van der Waals surface area contributed by atoms with Crippen molar-refractivity contribution >= 4 is 35.3 Å². The van der Waals surface area contributed by atoms with Gasteiger partial charge >= 0.3 is 0 Å². The van der Waals surface area contributed by atoms with Gasteiger partial charge in [0.05, 0.1) is 23.2 Å². The molecule has 0 aromatic carbocycles. The van der Waals surface area contributed by atoms with Crippen LogP contribution < -0.4 is 0 Å². The summed E-state index contributed by atoms with van der Waals surface area (Å²) < 4.78 is 1.79. The van der Waals surface area contributed by atoms with E-state index in [1.807, 2.05) is 37.4 Å². The standard InChI is InChI=1S/C16H24N4O2S2/c1-16(2,3)20-9-12(8-17-20)14(21)19-11-24-10-13(19)15(22)18-4-6-23-7-5-18/h8-9,13H,4-7,10-11H2,1-3H3. The summed E-state index contributed by atoms with van der Waals surface area (Å²) in [4.78, 5) is 29.3. The molecule has 3 heterocycles. The Labute approximate surface area is 151 Å². The second-order valence-corrected chi connectivity index (χ2v) is 9.30. The molecular formula is C16H24N4O2S2. The van der Waals surface area contributed by atoms with Gasteiger partial charge in [0.25, 0.3) is 5.91 Å². The summed E-state index contributed by atoms with van der Waals surface area (Å²) in [5, 5.41) is 4.30. The van der Waals surface area contributed by atoms with Crippen LogP contribution in [0.3, 0.4) is 0 Å². The van der Waals surface area contributed by atoms with Gasteiger partial charge in [0, 0.05) is 36.5 Å². The highest BCUT2D eigenvalue weighted by atomic mass is 32.2. The Balaban J connectivity index is 1.73. The van der Waals surface area contributed by atoms with Crippen molar-refractivity contribution in [1.29, 1.82) is 0 Å². The number of hydrogen-bond donors (Lipinski definition) is 0. The van der Waals surface area contributed by atoms with Gasteiger partial charge in [0.15, 0.2) is 0 Å². The Morgan fingerprint density at radius 3 is 2.54 bits per heavy atom. The van der Waals surface area contributed by atoms with Gasteiger partial charge in [0.2, 0.25) is 5.91 Å². The van der Waals surface area contributed by atoms with Crippen LogP contribution in [0.4, 0.5) is 0 Å². The fourth-order valence-corrected chi connectivity index (χ4v) is 4.86. The maximum Gasteiger partial charge on any atom is 0.258 e. The summed E-state index contributed by atoms with van der Waals surface area (Å²) in [6.45, 7) is 7.70. The third-order valence-electron chi connectivity index (χ3n) is 4.27. The average Bonchev–Trinajstić information content (AvgIpc) is 3.23. The minimum atomic E-state index is -0.344. The topological polar surface area (TPSA) is 58.4 Å². The highest BCUT2D eigenvalue weighted by Gasteiger charge is 2.38. The number of nitrogens with zero attached hydrogens (tertiary/aromatic N) is 4. The summed E-state index contributed by atoms with van der Waals surface area (Å²) in [7, 11) is 0. The Morgan fingerprint density at radius 2 is 1.92 bits per heavy atom. The van der Waals surface area contributed by atoms with Crippen LogP contribution >= 0.6 is 23.5 Å². The lowest BCUT2D eigenvalue weighted by molar-refractivity contribution is -0.134. The van der Waals surface area contributed by atoms with Gasteiger partial charge in [-0.1, -0.05) is 0 Å². The maximum atomic E-state index is 12.9. The van der Waals surface area contributed by atoms with Crippen molar-refractivity contribution in [1.82, 2.24) is 19.6 Å². The number of carbonyl (C=O) groups is 2. The first-order valence-electron chi connectivity index (χ1n) is 8.18. The molecule has 0 aliphatic carbocycles. The third kappa shape index (κ3) is 3.59. The quantitative estimate of drug-likeness (QED) is 0.796. The Kier molecular flexibility index (Phi) is 5.15. The first-order valence-corrected chi connectivity index (χ1v) is 10.5. The largest absolute Gasteiger partial charge is 0.339 e. The molecular weight excluding hydrogens is 344 g/mol. The Morgan fingerprint density at radius 1 is 1.21 bits per heavy atom. The highest BCUT2D eigenvalue weighted by Crippen LogP contribution is 2.26. The van der Waals surface area contributed by atoms with E-state index in [9.17, 15) is 9.59 Å². The van der Waals surface area contributed by atoms with Gasteiger partial charge in [-0.05, 0) is 20.8 Å². The molecule has 0 spiro atoms. The van der Waals surface area contributed by atoms with Gasteiger partial charge in [-0.25, -0.2) is 0 Å².